The number of amides is 2. The number of hydrogen-bond acceptors (Lipinski definition) is 4. The van der Waals surface area contributed by atoms with Crippen LogP contribution in [-0.4, -0.2) is 54.2 Å². The summed E-state index contributed by atoms with van der Waals surface area (Å²) in [6.45, 7) is 1.18. The number of hydrogen-bond donors (Lipinski definition) is 2. The molecule has 1 aromatic carbocycles. The predicted octanol–water partition coefficient (Wildman–Crippen LogP) is 0.0145. The van der Waals surface area contributed by atoms with Crippen molar-refractivity contribution in [2.24, 2.45) is 0 Å². The zero-order valence-corrected chi connectivity index (χ0v) is 11.0. The fourth-order valence-corrected chi connectivity index (χ4v) is 2.59. The van der Waals surface area contributed by atoms with Crippen molar-refractivity contribution in [2.45, 2.75) is 12.5 Å². The van der Waals surface area contributed by atoms with E-state index in [0.717, 1.165) is 5.56 Å². The molecule has 2 N–H and O–H groups in total. The first-order valence-corrected chi connectivity index (χ1v) is 6.61. The Morgan fingerprint density at radius 1 is 1.50 bits per heavy atom. The lowest BCUT2D eigenvalue weighted by Crippen LogP contribution is -2.50. The second-order valence-corrected chi connectivity index (χ2v) is 5.01. The number of aliphatic hydroxyl groups is 1. The number of aliphatic hydroxyl groups excluding tert-OH is 1. The normalized spacial score (nSPS) is 21.6. The van der Waals surface area contributed by atoms with E-state index in [1.54, 1.807) is 23.1 Å². The van der Waals surface area contributed by atoms with Crippen LogP contribution in [-0.2, 0) is 16.0 Å². The van der Waals surface area contributed by atoms with Crippen LogP contribution in [0.1, 0.15) is 15.9 Å². The average molecular weight is 276 g/mol. The molecule has 20 heavy (non-hydrogen) atoms. The fraction of sp³-hybridized carbons (Fsp3) is 0.429. The molecule has 1 unspecified atom stereocenters. The van der Waals surface area contributed by atoms with E-state index in [2.05, 4.69) is 5.32 Å². The molecule has 0 radical (unpaired) electrons. The molecule has 0 aliphatic carbocycles. The van der Waals surface area contributed by atoms with E-state index < -0.39 is 0 Å². The highest BCUT2D eigenvalue weighted by Crippen LogP contribution is 2.25. The van der Waals surface area contributed by atoms with Gasteiger partial charge in [-0.3, -0.25) is 9.59 Å². The van der Waals surface area contributed by atoms with E-state index in [-0.39, 0.29) is 24.5 Å². The molecule has 6 heteroatoms. The second kappa shape index (κ2) is 5.22. The maximum absolute atomic E-state index is 12.5. The molecule has 0 aromatic heterocycles. The van der Waals surface area contributed by atoms with Crippen LogP contribution in [0, 0.1) is 0 Å². The lowest BCUT2D eigenvalue weighted by molar-refractivity contribution is -0.115. The summed E-state index contributed by atoms with van der Waals surface area (Å²) in [6, 6.07) is 4.92. The summed E-state index contributed by atoms with van der Waals surface area (Å²) in [7, 11) is 0. The molecule has 2 aliphatic rings. The minimum atomic E-state index is -0.306. The van der Waals surface area contributed by atoms with Gasteiger partial charge in [-0.05, 0) is 17.7 Å². The Bertz CT molecular complexity index is 558. The van der Waals surface area contributed by atoms with Crippen LogP contribution in [0.5, 0.6) is 0 Å². The van der Waals surface area contributed by atoms with Gasteiger partial charge in [-0.2, -0.15) is 0 Å². The van der Waals surface area contributed by atoms with Crippen molar-refractivity contribution >= 4 is 17.5 Å². The van der Waals surface area contributed by atoms with Crippen LogP contribution in [0.2, 0.25) is 0 Å². The highest BCUT2D eigenvalue weighted by molar-refractivity contribution is 6.02. The Hall–Kier alpha value is -1.92. The van der Waals surface area contributed by atoms with Gasteiger partial charge in [0, 0.05) is 17.8 Å². The Balaban J connectivity index is 1.83. The number of benzene rings is 1. The van der Waals surface area contributed by atoms with Crippen molar-refractivity contribution in [1.29, 1.82) is 0 Å². The third-order valence-electron chi connectivity index (χ3n) is 3.68. The minimum Gasteiger partial charge on any atom is -0.394 e. The number of morpholine rings is 1. The maximum atomic E-state index is 12.5. The highest BCUT2D eigenvalue weighted by Gasteiger charge is 2.28. The molecule has 2 aliphatic heterocycles. The van der Waals surface area contributed by atoms with Gasteiger partial charge in [0.05, 0.1) is 32.3 Å². The SMILES string of the molecule is O=C1Cc2ccc(C(=O)N3CCOCC3CO)cc2N1. The first-order valence-electron chi connectivity index (χ1n) is 6.61. The van der Waals surface area contributed by atoms with Gasteiger partial charge in [-0.1, -0.05) is 6.07 Å². The molecular formula is C14H16N2O4. The van der Waals surface area contributed by atoms with E-state index in [9.17, 15) is 14.7 Å². The number of ether oxygens (including phenoxy) is 1. The molecule has 1 atom stereocenters. The minimum absolute atomic E-state index is 0.0517. The molecule has 0 bridgehead atoms. The predicted molar refractivity (Wildman–Crippen MR) is 71.5 cm³/mol. The van der Waals surface area contributed by atoms with Gasteiger partial charge < -0.3 is 20.1 Å². The largest absolute Gasteiger partial charge is 0.394 e. The van der Waals surface area contributed by atoms with Crippen molar-refractivity contribution in [3.8, 4) is 0 Å². The van der Waals surface area contributed by atoms with Crippen LogP contribution < -0.4 is 5.32 Å². The van der Waals surface area contributed by atoms with Gasteiger partial charge in [-0.15, -0.1) is 0 Å². The van der Waals surface area contributed by atoms with Gasteiger partial charge in [0.2, 0.25) is 5.91 Å². The molecule has 2 amide bonds. The molecule has 1 saturated heterocycles. The van der Waals surface area contributed by atoms with Crippen molar-refractivity contribution in [3.63, 3.8) is 0 Å². The van der Waals surface area contributed by atoms with Gasteiger partial charge in [0.1, 0.15) is 0 Å². The highest BCUT2D eigenvalue weighted by atomic mass is 16.5. The lowest BCUT2D eigenvalue weighted by Gasteiger charge is -2.34. The number of carbonyl (C=O) groups is 2. The van der Waals surface area contributed by atoms with E-state index in [0.29, 0.717) is 37.4 Å². The quantitative estimate of drug-likeness (QED) is 0.798. The number of rotatable bonds is 2. The zero-order chi connectivity index (χ0) is 14.1. The summed E-state index contributed by atoms with van der Waals surface area (Å²) in [5.74, 6) is -0.194. The summed E-state index contributed by atoms with van der Waals surface area (Å²) < 4.78 is 5.27. The molecule has 1 fully saturated rings. The first kappa shape index (κ1) is 13.1. The Kier molecular flexibility index (Phi) is 3.42. The van der Waals surface area contributed by atoms with E-state index >= 15 is 0 Å². The van der Waals surface area contributed by atoms with E-state index in [1.807, 2.05) is 0 Å². The monoisotopic (exact) mass is 276 g/mol. The number of carbonyl (C=O) groups excluding carboxylic acids is 2. The van der Waals surface area contributed by atoms with Crippen molar-refractivity contribution in [1.82, 2.24) is 4.90 Å². The molecule has 0 spiro atoms. The van der Waals surface area contributed by atoms with Crippen molar-refractivity contribution in [2.75, 3.05) is 31.7 Å². The number of anilines is 1. The third-order valence-corrected chi connectivity index (χ3v) is 3.68. The Morgan fingerprint density at radius 3 is 3.15 bits per heavy atom. The van der Waals surface area contributed by atoms with Gasteiger partial charge in [0.25, 0.3) is 5.91 Å². The number of nitrogens with zero attached hydrogens (tertiary/aromatic N) is 1. The molecule has 3 rings (SSSR count). The number of nitrogens with one attached hydrogen (secondary N) is 1. The summed E-state index contributed by atoms with van der Waals surface area (Å²) >= 11 is 0. The van der Waals surface area contributed by atoms with E-state index in [1.165, 1.54) is 0 Å². The molecule has 2 heterocycles. The molecule has 0 saturated carbocycles. The second-order valence-electron chi connectivity index (χ2n) is 5.01. The standard InChI is InChI=1S/C14H16N2O4/c17-7-11-8-20-4-3-16(11)14(19)10-2-1-9-6-13(18)15-12(9)5-10/h1-2,5,11,17H,3-4,6-8H2,(H,15,18). The first-order chi connectivity index (χ1) is 9.69. The summed E-state index contributed by atoms with van der Waals surface area (Å²) in [5.41, 5.74) is 2.13. The van der Waals surface area contributed by atoms with Gasteiger partial charge >= 0.3 is 0 Å². The van der Waals surface area contributed by atoms with Crippen LogP contribution in [0.25, 0.3) is 0 Å². The zero-order valence-electron chi connectivity index (χ0n) is 11.0. The lowest BCUT2D eigenvalue weighted by atomic mass is 10.1. The van der Waals surface area contributed by atoms with Crippen molar-refractivity contribution in [3.05, 3.63) is 29.3 Å². The van der Waals surface area contributed by atoms with Crippen LogP contribution >= 0.6 is 0 Å². The fourth-order valence-electron chi connectivity index (χ4n) is 2.59. The van der Waals surface area contributed by atoms with Gasteiger partial charge in [-0.25, -0.2) is 0 Å². The van der Waals surface area contributed by atoms with Crippen LogP contribution in [0.4, 0.5) is 5.69 Å². The summed E-state index contributed by atoms with van der Waals surface area (Å²) in [5, 5.41) is 12.1. The van der Waals surface area contributed by atoms with Crippen LogP contribution in [0.3, 0.4) is 0 Å². The summed E-state index contributed by atoms with van der Waals surface area (Å²) in [4.78, 5) is 25.4. The maximum Gasteiger partial charge on any atom is 0.254 e. The summed E-state index contributed by atoms with van der Waals surface area (Å²) in [6.07, 6.45) is 0.362. The average Bonchev–Trinajstić information content (AvgIpc) is 2.85. The van der Waals surface area contributed by atoms with Gasteiger partial charge in [0.15, 0.2) is 0 Å². The molecule has 6 nitrogen and oxygen atoms in total. The molecule has 1 aromatic rings. The van der Waals surface area contributed by atoms with E-state index in [4.69, 9.17) is 4.74 Å². The van der Waals surface area contributed by atoms with Crippen LogP contribution in [0.15, 0.2) is 18.2 Å². The Labute approximate surface area is 116 Å². The van der Waals surface area contributed by atoms with Crippen molar-refractivity contribution < 1.29 is 19.4 Å². The topological polar surface area (TPSA) is 78.9 Å². The smallest absolute Gasteiger partial charge is 0.254 e. The molecular weight excluding hydrogens is 260 g/mol. The molecule has 106 valence electrons. The number of fused-ring (bicyclic) bond motifs is 1. The Morgan fingerprint density at radius 2 is 2.35 bits per heavy atom. The third kappa shape index (κ3) is 2.28.